The molecule has 0 atom stereocenters. The van der Waals surface area contributed by atoms with Gasteiger partial charge in [0.25, 0.3) is 0 Å². The summed E-state index contributed by atoms with van der Waals surface area (Å²) in [7, 11) is 0.493. The van der Waals surface area contributed by atoms with Crippen LogP contribution < -0.4 is 5.32 Å². The first kappa shape index (κ1) is 19.8. The number of carbonyl (C=O) groups excluding carboxylic acids is 1. The number of likely N-dealkylation sites (N-methyl/N-ethyl adjacent to an activating group) is 1. The Morgan fingerprint density at radius 2 is 2.08 bits per heavy atom. The van der Waals surface area contributed by atoms with E-state index < -0.39 is 10.0 Å². The molecule has 1 N–H and O–H groups in total. The van der Waals surface area contributed by atoms with Gasteiger partial charge >= 0.3 is 0 Å². The van der Waals surface area contributed by atoms with E-state index in [1.807, 2.05) is 19.0 Å². The Morgan fingerprint density at radius 1 is 1.36 bits per heavy atom. The number of aromatic nitrogens is 1. The van der Waals surface area contributed by atoms with Gasteiger partial charge in [0.15, 0.2) is 0 Å². The third kappa shape index (κ3) is 6.05. The lowest BCUT2D eigenvalue weighted by molar-refractivity contribution is -0.121. The SMILES string of the molecule is CN(C)CCNC(=O)CCC1CCN(S(=O)(=O)c2cccnc2)CC1. The van der Waals surface area contributed by atoms with Gasteiger partial charge < -0.3 is 10.2 Å². The molecule has 1 aliphatic heterocycles. The highest BCUT2D eigenvalue weighted by Crippen LogP contribution is 2.26. The number of rotatable bonds is 8. The average molecular weight is 369 g/mol. The number of pyridine rings is 1. The van der Waals surface area contributed by atoms with Gasteiger partial charge in [-0.25, -0.2) is 8.42 Å². The van der Waals surface area contributed by atoms with Crippen LogP contribution in [0.5, 0.6) is 0 Å². The topological polar surface area (TPSA) is 82.6 Å². The molecule has 0 unspecified atom stereocenters. The number of carbonyl (C=O) groups is 1. The number of amides is 1. The van der Waals surface area contributed by atoms with Crippen molar-refractivity contribution in [2.45, 2.75) is 30.6 Å². The summed E-state index contributed by atoms with van der Waals surface area (Å²) >= 11 is 0. The smallest absolute Gasteiger partial charge is 0.244 e. The van der Waals surface area contributed by atoms with Gasteiger partial charge in [0.2, 0.25) is 15.9 Å². The highest BCUT2D eigenvalue weighted by atomic mass is 32.2. The van der Waals surface area contributed by atoms with Gasteiger partial charge in [-0.2, -0.15) is 4.31 Å². The molecule has 7 nitrogen and oxygen atoms in total. The van der Waals surface area contributed by atoms with E-state index in [0.29, 0.717) is 32.0 Å². The molecule has 8 heteroatoms. The molecule has 1 amide bonds. The van der Waals surface area contributed by atoms with Crippen LogP contribution >= 0.6 is 0 Å². The molecule has 140 valence electrons. The van der Waals surface area contributed by atoms with Crippen molar-refractivity contribution >= 4 is 15.9 Å². The van der Waals surface area contributed by atoms with Crippen LogP contribution in [-0.2, 0) is 14.8 Å². The summed E-state index contributed by atoms with van der Waals surface area (Å²) in [4.78, 5) is 18.0. The van der Waals surface area contributed by atoms with Crippen LogP contribution in [0.2, 0.25) is 0 Å². The zero-order valence-electron chi connectivity index (χ0n) is 15.0. The van der Waals surface area contributed by atoms with Crippen molar-refractivity contribution in [3.63, 3.8) is 0 Å². The molecule has 0 saturated carbocycles. The molecular weight excluding hydrogens is 340 g/mol. The maximum Gasteiger partial charge on any atom is 0.244 e. The molecule has 0 bridgehead atoms. The minimum Gasteiger partial charge on any atom is -0.355 e. The maximum absolute atomic E-state index is 12.6. The van der Waals surface area contributed by atoms with Crippen LogP contribution in [-0.4, -0.2) is 68.8 Å². The lowest BCUT2D eigenvalue weighted by atomic mass is 9.93. The van der Waals surface area contributed by atoms with Crippen LogP contribution in [0.1, 0.15) is 25.7 Å². The van der Waals surface area contributed by atoms with Crippen LogP contribution in [0.4, 0.5) is 0 Å². The van der Waals surface area contributed by atoms with Crippen molar-refractivity contribution < 1.29 is 13.2 Å². The predicted octanol–water partition coefficient (Wildman–Crippen LogP) is 0.940. The number of sulfonamides is 1. The average Bonchev–Trinajstić information content (AvgIpc) is 2.61. The van der Waals surface area contributed by atoms with E-state index in [4.69, 9.17) is 0 Å². The fraction of sp³-hybridized carbons (Fsp3) is 0.647. The van der Waals surface area contributed by atoms with E-state index in [2.05, 4.69) is 10.3 Å². The largest absolute Gasteiger partial charge is 0.355 e. The molecule has 1 aliphatic rings. The molecule has 0 spiro atoms. The Bertz CT molecular complexity index is 641. The first-order valence-electron chi connectivity index (χ1n) is 8.71. The number of hydrogen-bond acceptors (Lipinski definition) is 5. The van der Waals surface area contributed by atoms with Crippen molar-refractivity contribution in [3.05, 3.63) is 24.5 Å². The van der Waals surface area contributed by atoms with Gasteiger partial charge in [-0.05, 0) is 51.4 Å². The quantitative estimate of drug-likeness (QED) is 0.738. The van der Waals surface area contributed by atoms with Crippen molar-refractivity contribution in [3.8, 4) is 0 Å². The third-order valence-corrected chi connectivity index (χ3v) is 6.39. The molecule has 0 radical (unpaired) electrons. The van der Waals surface area contributed by atoms with E-state index in [1.54, 1.807) is 18.3 Å². The minimum atomic E-state index is -3.45. The molecule has 2 heterocycles. The summed E-state index contributed by atoms with van der Waals surface area (Å²) in [5.41, 5.74) is 0. The van der Waals surface area contributed by atoms with Crippen LogP contribution in [0.3, 0.4) is 0 Å². The second-order valence-electron chi connectivity index (χ2n) is 6.73. The van der Waals surface area contributed by atoms with Gasteiger partial charge in [0, 0.05) is 45.0 Å². The maximum atomic E-state index is 12.6. The lowest BCUT2D eigenvalue weighted by Crippen LogP contribution is -2.38. The van der Waals surface area contributed by atoms with Crippen LogP contribution in [0, 0.1) is 5.92 Å². The zero-order valence-corrected chi connectivity index (χ0v) is 15.8. The van der Waals surface area contributed by atoms with Crippen LogP contribution in [0.25, 0.3) is 0 Å². The van der Waals surface area contributed by atoms with E-state index in [0.717, 1.165) is 25.8 Å². The van der Waals surface area contributed by atoms with Gasteiger partial charge in [0.1, 0.15) is 4.90 Å². The highest BCUT2D eigenvalue weighted by Gasteiger charge is 2.29. The molecule has 2 rings (SSSR count). The summed E-state index contributed by atoms with van der Waals surface area (Å²) in [5.74, 6) is 0.479. The summed E-state index contributed by atoms with van der Waals surface area (Å²) in [6.45, 7) is 2.50. The molecular formula is C17H28N4O3S. The van der Waals surface area contributed by atoms with Crippen molar-refractivity contribution in [1.29, 1.82) is 0 Å². The van der Waals surface area contributed by atoms with Crippen molar-refractivity contribution in [2.75, 3.05) is 40.3 Å². The van der Waals surface area contributed by atoms with Gasteiger partial charge in [-0.3, -0.25) is 9.78 Å². The summed E-state index contributed by atoms with van der Waals surface area (Å²) in [6, 6.07) is 3.21. The molecule has 1 fully saturated rings. The predicted molar refractivity (Wildman–Crippen MR) is 96.5 cm³/mol. The number of hydrogen-bond donors (Lipinski definition) is 1. The first-order chi connectivity index (χ1) is 11.9. The Labute approximate surface area is 150 Å². The molecule has 1 aromatic rings. The van der Waals surface area contributed by atoms with Crippen LogP contribution in [0.15, 0.2) is 29.4 Å². The molecule has 0 aliphatic carbocycles. The van der Waals surface area contributed by atoms with E-state index in [-0.39, 0.29) is 10.8 Å². The molecule has 0 aromatic carbocycles. The lowest BCUT2D eigenvalue weighted by Gasteiger charge is -2.31. The molecule has 1 aromatic heterocycles. The van der Waals surface area contributed by atoms with Crippen molar-refractivity contribution in [1.82, 2.24) is 19.5 Å². The minimum absolute atomic E-state index is 0.0762. The Hall–Kier alpha value is -1.51. The van der Waals surface area contributed by atoms with Gasteiger partial charge in [-0.15, -0.1) is 0 Å². The molecule has 25 heavy (non-hydrogen) atoms. The first-order valence-corrected chi connectivity index (χ1v) is 10.1. The standard InChI is InChI=1S/C17H28N4O3S/c1-20(2)13-10-19-17(22)6-5-15-7-11-21(12-8-15)25(23,24)16-4-3-9-18-14-16/h3-4,9,14-15H,5-8,10-13H2,1-2H3,(H,19,22). The second-order valence-corrected chi connectivity index (χ2v) is 8.67. The Kier molecular flexibility index (Phi) is 7.34. The highest BCUT2D eigenvalue weighted by molar-refractivity contribution is 7.89. The van der Waals surface area contributed by atoms with E-state index >= 15 is 0 Å². The van der Waals surface area contributed by atoms with Crippen molar-refractivity contribution in [2.24, 2.45) is 5.92 Å². The monoisotopic (exact) mass is 368 g/mol. The molecule has 1 saturated heterocycles. The normalized spacial score (nSPS) is 16.9. The number of nitrogens with one attached hydrogen (secondary N) is 1. The van der Waals surface area contributed by atoms with E-state index in [9.17, 15) is 13.2 Å². The number of nitrogens with zero attached hydrogens (tertiary/aromatic N) is 3. The second kappa shape index (κ2) is 9.26. The number of piperidine rings is 1. The zero-order chi connectivity index (χ0) is 18.3. The van der Waals surface area contributed by atoms with Gasteiger partial charge in [0.05, 0.1) is 0 Å². The van der Waals surface area contributed by atoms with Gasteiger partial charge in [-0.1, -0.05) is 0 Å². The fourth-order valence-corrected chi connectivity index (χ4v) is 4.36. The van der Waals surface area contributed by atoms with E-state index in [1.165, 1.54) is 10.5 Å². The Morgan fingerprint density at radius 3 is 2.68 bits per heavy atom. The Balaban J connectivity index is 1.74. The summed E-state index contributed by atoms with van der Waals surface area (Å²) in [5, 5.41) is 2.91. The third-order valence-electron chi connectivity index (χ3n) is 4.51. The summed E-state index contributed by atoms with van der Waals surface area (Å²) in [6.07, 6.45) is 5.87. The fourth-order valence-electron chi connectivity index (χ4n) is 2.93. The summed E-state index contributed by atoms with van der Waals surface area (Å²) < 4.78 is 26.6.